The van der Waals surface area contributed by atoms with Gasteiger partial charge in [-0.05, 0) is 32.3 Å². The molecule has 1 heteroatoms. The van der Waals surface area contributed by atoms with Gasteiger partial charge in [0, 0.05) is 7.11 Å². The number of methoxy groups -OCH3 is 1. The summed E-state index contributed by atoms with van der Waals surface area (Å²) in [4.78, 5) is 0. The van der Waals surface area contributed by atoms with Gasteiger partial charge in [0.15, 0.2) is 0 Å². The molecule has 0 aliphatic rings. The smallest absolute Gasteiger partial charge is 0.0594 e. The van der Waals surface area contributed by atoms with Crippen molar-refractivity contribution in [2.45, 2.75) is 46.1 Å². The van der Waals surface area contributed by atoms with Gasteiger partial charge in [0.25, 0.3) is 0 Å². The second-order valence-corrected chi connectivity index (χ2v) is 4.88. The van der Waals surface area contributed by atoms with Crippen molar-refractivity contribution >= 4 is 0 Å². The molecule has 0 bridgehead atoms. The lowest BCUT2D eigenvalue weighted by Gasteiger charge is -2.14. The zero-order chi connectivity index (χ0) is 11.9. The van der Waals surface area contributed by atoms with Crippen LogP contribution in [0, 0.1) is 0 Å². The van der Waals surface area contributed by atoms with E-state index < -0.39 is 0 Å². The zero-order valence-electron chi connectivity index (χ0n) is 10.9. The lowest BCUT2D eigenvalue weighted by Crippen LogP contribution is -2.15. The Kier molecular flexibility index (Phi) is 6.26. The summed E-state index contributed by atoms with van der Waals surface area (Å²) in [5, 5.41) is 0. The molecule has 0 amide bonds. The van der Waals surface area contributed by atoms with E-state index in [0.717, 1.165) is 0 Å². The van der Waals surface area contributed by atoms with Crippen LogP contribution in [0.4, 0.5) is 0 Å². The third-order valence-electron chi connectivity index (χ3n) is 2.08. The molecule has 0 heterocycles. The van der Waals surface area contributed by atoms with Gasteiger partial charge in [-0.25, -0.2) is 0 Å². The number of rotatable bonds is 1. The van der Waals surface area contributed by atoms with E-state index in [1.54, 1.807) is 7.11 Å². The quantitative estimate of drug-likeness (QED) is 0.670. The van der Waals surface area contributed by atoms with Crippen molar-refractivity contribution in [3.8, 4) is 0 Å². The van der Waals surface area contributed by atoms with Crippen molar-refractivity contribution in [3.05, 3.63) is 35.9 Å². The molecule has 15 heavy (non-hydrogen) atoms. The van der Waals surface area contributed by atoms with Gasteiger partial charge in [0.05, 0.1) is 5.60 Å². The molecule has 0 saturated heterocycles. The molecule has 1 aromatic rings. The minimum atomic E-state index is 0.0417. The van der Waals surface area contributed by atoms with Crippen molar-refractivity contribution < 1.29 is 4.74 Å². The van der Waals surface area contributed by atoms with Crippen LogP contribution < -0.4 is 0 Å². The lowest BCUT2D eigenvalue weighted by atomic mass is 10.0. The molecule has 0 atom stereocenters. The summed E-state index contributed by atoms with van der Waals surface area (Å²) in [6.45, 7) is 10.5. The van der Waals surface area contributed by atoms with Crippen LogP contribution in [0.5, 0.6) is 0 Å². The van der Waals surface area contributed by atoms with Crippen LogP contribution in [0.25, 0.3) is 0 Å². The van der Waals surface area contributed by atoms with Gasteiger partial charge in [-0.15, -0.1) is 0 Å². The highest BCUT2D eigenvalue weighted by Gasteiger charge is 2.04. The van der Waals surface area contributed by atoms with Crippen molar-refractivity contribution in [2.75, 3.05) is 7.11 Å². The number of hydrogen-bond acceptors (Lipinski definition) is 1. The first-order valence-electron chi connectivity index (χ1n) is 5.47. The van der Waals surface area contributed by atoms with Crippen molar-refractivity contribution in [1.29, 1.82) is 0 Å². The summed E-state index contributed by atoms with van der Waals surface area (Å²) in [7, 11) is 1.71. The topological polar surface area (TPSA) is 9.23 Å². The average Bonchev–Trinajstić information content (AvgIpc) is 2.19. The predicted octanol–water partition coefficient (Wildman–Crippen LogP) is 4.24. The van der Waals surface area contributed by atoms with Crippen LogP contribution in [0.15, 0.2) is 30.3 Å². The highest BCUT2D eigenvalue weighted by molar-refractivity contribution is 5.17. The molecular weight excluding hydrogens is 184 g/mol. The maximum atomic E-state index is 4.94. The maximum absolute atomic E-state index is 4.94. The van der Waals surface area contributed by atoms with Crippen LogP contribution in [0.2, 0.25) is 0 Å². The Bertz CT molecular complexity index is 244. The molecule has 0 aliphatic heterocycles. The Morgan fingerprint density at radius 2 is 1.40 bits per heavy atom. The molecule has 1 rings (SSSR count). The van der Waals surface area contributed by atoms with E-state index in [2.05, 4.69) is 38.1 Å². The third-order valence-corrected chi connectivity index (χ3v) is 2.08. The summed E-state index contributed by atoms with van der Waals surface area (Å²) in [6, 6.07) is 10.5. The van der Waals surface area contributed by atoms with Gasteiger partial charge in [0.1, 0.15) is 0 Å². The molecule has 0 fully saturated rings. The molecule has 0 spiro atoms. The highest BCUT2D eigenvalue weighted by atomic mass is 16.5. The summed E-state index contributed by atoms with van der Waals surface area (Å²) < 4.78 is 4.94. The fourth-order valence-corrected chi connectivity index (χ4v) is 0.838. The molecule has 0 radical (unpaired) electrons. The Balaban J connectivity index is 0.000000288. The van der Waals surface area contributed by atoms with Gasteiger partial charge in [-0.1, -0.05) is 44.2 Å². The summed E-state index contributed by atoms with van der Waals surface area (Å²) >= 11 is 0. The molecule has 0 unspecified atom stereocenters. The minimum Gasteiger partial charge on any atom is -0.379 e. The molecule has 0 N–H and O–H groups in total. The van der Waals surface area contributed by atoms with Gasteiger partial charge < -0.3 is 4.74 Å². The molecule has 0 aliphatic carbocycles. The standard InChI is InChI=1S/C9H12.C5H12O/c1-8(2)9-6-4-3-5-7-9;1-5(2,3)6-4/h3-8H,1-2H3;1-4H3. The zero-order valence-corrected chi connectivity index (χ0v) is 10.9. The lowest BCUT2D eigenvalue weighted by molar-refractivity contribution is 0.0397. The highest BCUT2D eigenvalue weighted by Crippen LogP contribution is 2.11. The van der Waals surface area contributed by atoms with E-state index in [1.165, 1.54) is 5.56 Å². The van der Waals surface area contributed by atoms with Gasteiger partial charge >= 0.3 is 0 Å². The molecule has 1 aromatic carbocycles. The van der Waals surface area contributed by atoms with Crippen LogP contribution in [-0.2, 0) is 4.74 Å². The Morgan fingerprint density at radius 1 is 1.00 bits per heavy atom. The molecule has 1 nitrogen and oxygen atoms in total. The van der Waals surface area contributed by atoms with Crippen molar-refractivity contribution in [1.82, 2.24) is 0 Å². The maximum Gasteiger partial charge on any atom is 0.0594 e. The summed E-state index contributed by atoms with van der Waals surface area (Å²) in [6.07, 6.45) is 0. The SMILES string of the molecule is CC(C)c1ccccc1.COC(C)(C)C. The monoisotopic (exact) mass is 208 g/mol. The largest absolute Gasteiger partial charge is 0.379 e. The fourth-order valence-electron chi connectivity index (χ4n) is 0.838. The molecule has 0 saturated carbocycles. The van der Waals surface area contributed by atoms with E-state index in [-0.39, 0.29) is 5.60 Å². The molecule has 0 aromatic heterocycles. The first kappa shape index (κ1) is 14.2. The van der Waals surface area contributed by atoms with Crippen molar-refractivity contribution in [3.63, 3.8) is 0 Å². The number of ether oxygens (including phenoxy) is 1. The average molecular weight is 208 g/mol. The van der Waals surface area contributed by atoms with Crippen LogP contribution in [0.1, 0.15) is 46.1 Å². The first-order chi connectivity index (χ1) is 6.87. The minimum absolute atomic E-state index is 0.0417. The van der Waals surface area contributed by atoms with Crippen LogP contribution >= 0.6 is 0 Å². The van der Waals surface area contributed by atoms with E-state index in [4.69, 9.17) is 4.74 Å². The Morgan fingerprint density at radius 3 is 1.60 bits per heavy atom. The number of hydrogen-bond donors (Lipinski definition) is 0. The summed E-state index contributed by atoms with van der Waals surface area (Å²) in [5.41, 5.74) is 1.46. The Hall–Kier alpha value is -0.820. The molecular formula is C14H24O. The van der Waals surface area contributed by atoms with Crippen LogP contribution in [-0.4, -0.2) is 12.7 Å². The first-order valence-corrected chi connectivity index (χ1v) is 5.47. The van der Waals surface area contributed by atoms with Crippen molar-refractivity contribution in [2.24, 2.45) is 0 Å². The molecule has 86 valence electrons. The van der Waals surface area contributed by atoms with Crippen LogP contribution in [0.3, 0.4) is 0 Å². The Labute approximate surface area is 94.5 Å². The summed E-state index contributed by atoms with van der Waals surface area (Å²) in [5.74, 6) is 0.659. The third kappa shape index (κ3) is 8.19. The van der Waals surface area contributed by atoms with E-state index in [9.17, 15) is 0 Å². The second-order valence-electron chi connectivity index (χ2n) is 4.88. The van der Waals surface area contributed by atoms with Gasteiger partial charge in [-0.2, -0.15) is 0 Å². The fraction of sp³-hybridized carbons (Fsp3) is 0.571. The number of benzene rings is 1. The second kappa shape index (κ2) is 6.62. The van der Waals surface area contributed by atoms with Gasteiger partial charge in [-0.3, -0.25) is 0 Å². The van der Waals surface area contributed by atoms with Gasteiger partial charge in [0.2, 0.25) is 0 Å². The van der Waals surface area contributed by atoms with E-state index >= 15 is 0 Å². The van der Waals surface area contributed by atoms with E-state index in [0.29, 0.717) is 5.92 Å². The predicted molar refractivity (Wildman–Crippen MR) is 67.3 cm³/mol. The van der Waals surface area contributed by atoms with E-state index in [1.807, 2.05) is 26.8 Å². The normalized spacial score (nSPS) is 10.9.